The third-order valence-corrected chi connectivity index (χ3v) is 0.979. The van der Waals surface area contributed by atoms with Gasteiger partial charge < -0.3 is 5.32 Å². The molecule has 0 unspecified atom stereocenters. The molecule has 0 aromatic rings. The number of amidine groups is 1. The molecule has 0 aromatic carbocycles. The van der Waals surface area contributed by atoms with Crippen LogP contribution in [0.25, 0.3) is 0 Å². The lowest BCUT2D eigenvalue weighted by molar-refractivity contribution is 0.835. The molecular formula is C7H14N2. The summed E-state index contributed by atoms with van der Waals surface area (Å²) in [5.74, 6) is 0.455. The first-order valence-electron chi connectivity index (χ1n) is 3.16. The summed E-state index contributed by atoms with van der Waals surface area (Å²) in [6.45, 7) is 8.38. The second-order valence-corrected chi connectivity index (χ2v) is 2.08. The minimum absolute atomic E-state index is 0.455. The van der Waals surface area contributed by atoms with Crippen LogP contribution in [0, 0.1) is 5.41 Å². The van der Waals surface area contributed by atoms with Gasteiger partial charge in [0.05, 0.1) is 0 Å². The largest absolute Gasteiger partial charge is 0.370 e. The Bertz CT molecular complexity index is 116. The average molecular weight is 126 g/mol. The Morgan fingerprint density at radius 2 is 2.22 bits per heavy atom. The van der Waals surface area contributed by atoms with Gasteiger partial charge in [-0.05, 0) is 18.9 Å². The van der Waals surface area contributed by atoms with E-state index >= 15 is 0 Å². The van der Waals surface area contributed by atoms with Crippen LogP contribution in [-0.2, 0) is 0 Å². The lowest BCUT2D eigenvalue weighted by atomic mass is 10.3. The summed E-state index contributed by atoms with van der Waals surface area (Å²) in [5, 5.41) is 10.2. The molecule has 0 bridgehead atoms. The van der Waals surface area contributed by atoms with E-state index in [9.17, 15) is 0 Å². The number of hydrogen-bond acceptors (Lipinski definition) is 1. The molecule has 0 spiro atoms. The molecule has 0 saturated carbocycles. The summed E-state index contributed by atoms with van der Waals surface area (Å²) >= 11 is 0. The minimum atomic E-state index is 0.455. The van der Waals surface area contributed by atoms with Gasteiger partial charge in [0, 0.05) is 6.54 Å². The zero-order chi connectivity index (χ0) is 7.28. The van der Waals surface area contributed by atoms with Gasteiger partial charge in [-0.15, -0.1) is 0 Å². The fraction of sp³-hybridized carbons (Fsp3) is 0.571. The predicted molar refractivity (Wildman–Crippen MR) is 40.8 cm³/mol. The highest BCUT2D eigenvalue weighted by molar-refractivity contribution is 5.94. The third kappa shape index (κ3) is 3.76. The summed E-state index contributed by atoms with van der Waals surface area (Å²) in [5.41, 5.74) is 0.795. The van der Waals surface area contributed by atoms with Gasteiger partial charge in [0.2, 0.25) is 0 Å². The second kappa shape index (κ2) is 4.13. The fourth-order valence-electron chi connectivity index (χ4n) is 0.401. The lowest BCUT2D eigenvalue weighted by Crippen LogP contribution is -2.23. The van der Waals surface area contributed by atoms with Crippen molar-refractivity contribution >= 4 is 5.84 Å². The normalized spacial score (nSPS) is 8.67. The van der Waals surface area contributed by atoms with E-state index in [0.717, 1.165) is 18.5 Å². The monoisotopic (exact) mass is 126 g/mol. The van der Waals surface area contributed by atoms with Crippen molar-refractivity contribution in [2.24, 2.45) is 0 Å². The number of nitrogens with one attached hydrogen (secondary N) is 2. The first-order valence-corrected chi connectivity index (χ1v) is 3.16. The van der Waals surface area contributed by atoms with Gasteiger partial charge in [0.15, 0.2) is 0 Å². The van der Waals surface area contributed by atoms with Crippen molar-refractivity contribution in [1.82, 2.24) is 5.32 Å². The van der Waals surface area contributed by atoms with Crippen molar-refractivity contribution in [3.8, 4) is 0 Å². The Balaban J connectivity index is 3.39. The Hall–Kier alpha value is -0.790. The molecule has 0 amide bonds. The molecule has 52 valence electrons. The number of rotatable bonds is 3. The molecule has 2 nitrogen and oxygen atoms in total. The van der Waals surface area contributed by atoms with Gasteiger partial charge >= 0.3 is 0 Å². The van der Waals surface area contributed by atoms with E-state index < -0.39 is 0 Å². The van der Waals surface area contributed by atoms with Crippen LogP contribution < -0.4 is 5.32 Å². The molecule has 0 aliphatic heterocycles. The number of hydrogen-bond donors (Lipinski definition) is 2. The van der Waals surface area contributed by atoms with Crippen molar-refractivity contribution in [3.63, 3.8) is 0 Å². The first kappa shape index (κ1) is 8.21. The maximum atomic E-state index is 7.24. The minimum Gasteiger partial charge on any atom is -0.370 e. The van der Waals surface area contributed by atoms with E-state index in [2.05, 4.69) is 18.8 Å². The van der Waals surface area contributed by atoms with Crippen molar-refractivity contribution < 1.29 is 0 Å². The summed E-state index contributed by atoms with van der Waals surface area (Å²) in [6, 6.07) is 0. The van der Waals surface area contributed by atoms with Crippen LogP contribution in [0.5, 0.6) is 0 Å². The Morgan fingerprint density at radius 1 is 1.67 bits per heavy atom. The lowest BCUT2D eigenvalue weighted by Gasteiger charge is -2.03. The summed E-state index contributed by atoms with van der Waals surface area (Å²) in [7, 11) is 0. The molecule has 0 radical (unpaired) electrons. The first-order chi connectivity index (χ1) is 4.18. The van der Waals surface area contributed by atoms with Crippen LogP contribution in [0.1, 0.15) is 20.3 Å². The van der Waals surface area contributed by atoms with Crippen molar-refractivity contribution in [2.75, 3.05) is 6.54 Å². The predicted octanol–water partition coefficient (Wildman–Crippen LogP) is 1.54. The topological polar surface area (TPSA) is 35.9 Å². The molecule has 9 heavy (non-hydrogen) atoms. The highest BCUT2D eigenvalue weighted by Crippen LogP contribution is 1.85. The molecule has 0 atom stereocenters. The molecule has 2 N–H and O–H groups in total. The van der Waals surface area contributed by atoms with Gasteiger partial charge in [-0.2, -0.15) is 0 Å². The van der Waals surface area contributed by atoms with Crippen LogP contribution in [0.4, 0.5) is 0 Å². The van der Waals surface area contributed by atoms with E-state index in [-0.39, 0.29) is 0 Å². The SMILES string of the molecule is C=C(C)C(=N)NCCC. The zero-order valence-corrected chi connectivity index (χ0v) is 6.12. The maximum absolute atomic E-state index is 7.24. The fourth-order valence-corrected chi connectivity index (χ4v) is 0.401. The van der Waals surface area contributed by atoms with Gasteiger partial charge in [-0.1, -0.05) is 13.5 Å². The van der Waals surface area contributed by atoms with E-state index in [0.29, 0.717) is 5.84 Å². The van der Waals surface area contributed by atoms with Gasteiger partial charge in [-0.3, -0.25) is 5.41 Å². The molecule has 0 fully saturated rings. The van der Waals surface area contributed by atoms with Gasteiger partial charge in [0.25, 0.3) is 0 Å². The molecule has 2 heteroatoms. The molecule has 0 aromatic heterocycles. The Labute approximate surface area is 56.5 Å². The second-order valence-electron chi connectivity index (χ2n) is 2.08. The van der Waals surface area contributed by atoms with E-state index in [1.54, 1.807) is 0 Å². The molecular weight excluding hydrogens is 112 g/mol. The molecule has 0 heterocycles. The summed E-state index contributed by atoms with van der Waals surface area (Å²) in [4.78, 5) is 0. The zero-order valence-electron chi connectivity index (χ0n) is 6.12. The van der Waals surface area contributed by atoms with Gasteiger partial charge in [-0.25, -0.2) is 0 Å². The van der Waals surface area contributed by atoms with E-state index in [4.69, 9.17) is 5.41 Å². The van der Waals surface area contributed by atoms with Crippen LogP contribution in [0.2, 0.25) is 0 Å². The highest BCUT2D eigenvalue weighted by atomic mass is 14.9. The Kier molecular flexibility index (Phi) is 3.76. The third-order valence-electron chi connectivity index (χ3n) is 0.979. The molecule has 0 aliphatic carbocycles. The Morgan fingerprint density at radius 3 is 2.56 bits per heavy atom. The van der Waals surface area contributed by atoms with Crippen molar-refractivity contribution in [3.05, 3.63) is 12.2 Å². The van der Waals surface area contributed by atoms with Crippen molar-refractivity contribution in [2.45, 2.75) is 20.3 Å². The standard InChI is InChI=1S/C7H14N2/c1-4-5-9-7(8)6(2)3/h2,4-5H2,1,3H3,(H2,8,9). The van der Waals surface area contributed by atoms with Crippen molar-refractivity contribution in [1.29, 1.82) is 5.41 Å². The van der Waals surface area contributed by atoms with E-state index in [1.807, 2.05) is 6.92 Å². The molecule has 0 saturated heterocycles. The van der Waals surface area contributed by atoms with Crippen LogP contribution >= 0.6 is 0 Å². The summed E-state index contributed by atoms with van der Waals surface area (Å²) < 4.78 is 0. The molecule has 0 aliphatic rings. The highest BCUT2D eigenvalue weighted by Gasteiger charge is 1.91. The smallest absolute Gasteiger partial charge is 0.120 e. The summed E-state index contributed by atoms with van der Waals surface area (Å²) in [6.07, 6.45) is 1.05. The van der Waals surface area contributed by atoms with Crippen LogP contribution in [0.3, 0.4) is 0 Å². The van der Waals surface area contributed by atoms with E-state index in [1.165, 1.54) is 0 Å². The average Bonchev–Trinajstić information content (AvgIpc) is 1.82. The quantitative estimate of drug-likeness (QED) is 0.436. The molecule has 0 rings (SSSR count). The van der Waals surface area contributed by atoms with Crippen LogP contribution in [-0.4, -0.2) is 12.4 Å². The van der Waals surface area contributed by atoms with Crippen LogP contribution in [0.15, 0.2) is 12.2 Å². The van der Waals surface area contributed by atoms with Gasteiger partial charge in [0.1, 0.15) is 5.84 Å². The maximum Gasteiger partial charge on any atom is 0.120 e.